The monoisotopic (exact) mass is 1320 g/mol. The van der Waals surface area contributed by atoms with E-state index < -0.39 is 97.5 Å². The third kappa shape index (κ3) is 62.2. The molecule has 0 amide bonds. The first-order chi connectivity index (χ1) is 43.3. The van der Waals surface area contributed by atoms with Crippen LogP contribution in [0.4, 0.5) is 0 Å². The molecule has 0 heterocycles. The van der Waals surface area contributed by atoms with Gasteiger partial charge in [-0.05, 0) is 43.4 Å². The van der Waals surface area contributed by atoms with Crippen molar-refractivity contribution in [2.75, 3.05) is 39.6 Å². The zero-order valence-electron chi connectivity index (χ0n) is 58.6. The highest BCUT2D eigenvalue weighted by atomic mass is 31.2. The molecule has 0 aromatic heterocycles. The maximum atomic E-state index is 13.0. The van der Waals surface area contributed by atoms with Crippen LogP contribution in [0.15, 0.2) is 0 Å². The first kappa shape index (κ1) is 88.1. The van der Waals surface area contributed by atoms with E-state index >= 15 is 0 Å². The molecule has 0 aliphatic heterocycles. The summed E-state index contributed by atoms with van der Waals surface area (Å²) in [6, 6.07) is 0. The number of esters is 4. The molecule has 0 spiro atoms. The fourth-order valence-electron chi connectivity index (χ4n) is 10.7. The van der Waals surface area contributed by atoms with Gasteiger partial charge in [0.15, 0.2) is 12.2 Å². The Kier molecular flexibility index (Phi) is 60.6. The van der Waals surface area contributed by atoms with Crippen molar-refractivity contribution in [3.8, 4) is 0 Å². The lowest BCUT2D eigenvalue weighted by atomic mass is 10.00. The molecule has 7 atom stereocenters. The van der Waals surface area contributed by atoms with Crippen molar-refractivity contribution in [3.05, 3.63) is 0 Å². The highest BCUT2D eigenvalue weighted by molar-refractivity contribution is 7.47. The molecular weight excluding hydrogens is 1190 g/mol. The Morgan fingerprint density at radius 3 is 0.844 bits per heavy atom. The number of carbonyl (C=O) groups excluding carboxylic acids is 4. The molecule has 17 nitrogen and oxygen atoms in total. The Bertz CT molecular complexity index is 1770. The molecule has 0 saturated heterocycles. The summed E-state index contributed by atoms with van der Waals surface area (Å²) in [6.07, 6.45) is 46.3. The Labute approximate surface area is 549 Å². The Hall–Kier alpha value is -1.94. The van der Waals surface area contributed by atoms with Gasteiger partial charge in [-0.15, -0.1) is 0 Å². The van der Waals surface area contributed by atoms with Crippen LogP contribution in [-0.4, -0.2) is 96.7 Å². The lowest BCUT2D eigenvalue weighted by molar-refractivity contribution is -0.161. The summed E-state index contributed by atoms with van der Waals surface area (Å²) in [5, 5.41) is 10.6. The third-order valence-corrected chi connectivity index (χ3v) is 19.0. The number of phosphoric acid groups is 2. The van der Waals surface area contributed by atoms with Crippen LogP contribution in [0.2, 0.25) is 0 Å². The number of hydrogen-bond donors (Lipinski definition) is 3. The fourth-order valence-corrected chi connectivity index (χ4v) is 12.2. The van der Waals surface area contributed by atoms with Crippen LogP contribution in [0, 0.1) is 17.8 Å². The van der Waals surface area contributed by atoms with Crippen molar-refractivity contribution in [2.24, 2.45) is 17.8 Å². The van der Waals surface area contributed by atoms with E-state index in [2.05, 4.69) is 48.5 Å². The zero-order chi connectivity index (χ0) is 66.6. The summed E-state index contributed by atoms with van der Waals surface area (Å²) in [5.74, 6) is -0.00340. The second kappa shape index (κ2) is 61.9. The summed E-state index contributed by atoms with van der Waals surface area (Å²) >= 11 is 0. The van der Waals surface area contributed by atoms with E-state index in [1.54, 1.807) is 0 Å². The molecule has 0 aromatic carbocycles. The molecule has 0 radical (unpaired) electrons. The third-order valence-electron chi connectivity index (χ3n) is 17.1. The zero-order valence-corrected chi connectivity index (χ0v) is 60.4. The van der Waals surface area contributed by atoms with Crippen molar-refractivity contribution in [2.45, 2.75) is 375 Å². The number of aliphatic hydroxyl groups is 1. The average molecular weight is 1330 g/mol. The van der Waals surface area contributed by atoms with Crippen molar-refractivity contribution >= 4 is 39.5 Å². The van der Waals surface area contributed by atoms with Gasteiger partial charge < -0.3 is 33.8 Å². The van der Waals surface area contributed by atoms with E-state index in [0.717, 1.165) is 115 Å². The van der Waals surface area contributed by atoms with Crippen LogP contribution in [0.5, 0.6) is 0 Å². The second-order valence-electron chi connectivity index (χ2n) is 26.6. The van der Waals surface area contributed by atoms with E-state index in [0.29, 0.717) is 31.6 Å². The van der Waals surface area contributed by atoms with Crippen LogP contribution >= 0.6 is 15.6 Å². The second-order valence-corrected chi connectivity index (χ2v) is 29.5. The van der Waals surface area contributed by atoms with Gasteiger partial charge in [0.1, 0.15) is 19.3 Å². The van der Waals surface area contributed by atoms with Gasteiger partial charge in [-0.25, -0.2) is 9.13 Å². The summed E-state index contributed by atoms with van der Waals surface area (Å²) in [5.41, 5.74) is 0. The predicted octanol–water partition coefficient (Wildman–Crippen LogP) is 20.2. The van der Waals surface area contributed by atoms with E-state index in [1.165, 1.54) is 154 Å². The Morgan fingerprint density at radius 1 is 0.322 bits per heavy atom. The quantitative estimate of drug-likeness (QED) is 0.0222. The fraction of sp³-hybridized carbons (Fsp3) is 0.944. The van der Waals surface area contributed by atoms with Gasteiger partial charge in [0, 0.05) is 25.7 Å². The van der Waals surface area contributed by atoms with Crippen LogP contribution < -0.4 is 0 Å². The van der Waals surface area contributed by atoms with Crippen LogP contribution in [0.1, 0.15) is 357 Å². The minimum atomic E-state index is -4.95. The first-order valence-electron chi connectivity index (χ1n) is 36.9. The molecule has 4 unspecified atom stereocenters. The van der Waals surface area contributed by atoms with Crippen LogP contribution in [0.25, 0.3) is 0 Å². The molecule has 0 bridgehead atoms. The van der Waals surface area contributed by atoms with Gasteiger partial charge in [0.25, 0.3) is 0 Å². The summed E-state index contributed by atoms with van der Waals surface area (Å²) in [4.78, 5) is 72.4. The minimum absolute atomic E-state index is 0.102. The average Bonchev–Trinajstić information content (AvgIpc) is 3.71. The first-order valence-corrected chi connectivity index (χ1v) is 39.9. The molecule has 0 fully saturated rings. The van der Waals surface area contributed by atoms with Gasteiger partial charge >= 0.3 is 39.5 Å². The molecular formula is C71H138O17P2. The summed E-state index contributed by atoms with van der Waals surface area (Å²) in [7, 11) is -9.90. The lowest BCUT2D eigenvalue weighted by Gasteiger charge is -2.21. The SMILES string of the molecule is CCCCCCCCCCCCCCCCCCCCCCCC(=O)O[C@H](COC(=O)CCCCCCCCC(C)CC)COP(=O)(O)OC[C@@H](O)COP(=O)(O)OC[C@@H](COC(=O)CCCCCCCCC(C)C)OC(=O)CCCCCCCCC(C)CC. The number of hydrogen-bond acceptors (Lipinski definition) is 15. The maximum absolute atomic E-state index is 13.0. The molecule has 0 aromatic rings. The number of aliphatic hydroxyl groups excluding tert-OH is 1. The van der Waals surface area contributed by atoms with Crippen molar-refractivity contribution in [1.29, 1.82) is 0 Å². The number of rotatable bonds is 69. The van der Waals surface area contributed by atoms with E-state index in [-0.39, 0.29) is 25.7 Å². The van der Waals surface area contributed by atoms with E-state index in [4.69, 9.17) is 37.0 Å². The normalized spacial score (nSPS) is 14.8. The van der Waals surface area contributed by atoms with E-state index in [1.807, 2.05) is 0 Å². The molecule has 0 rings (SSSR count). The number of phosphoric ester groups is 2. The summed E-state index contributed by atoms with van der Waals surface area (Å²) in [6.45, 7) is 11.7. The highest BCUT2D eigenvalue weighted by Crippen LogP contribution is 2.45. The lowest BCUT2D eigenvalue weighted by Crippen LogP contribution is -2.30. The number of carbonyl (C=O) groups is 4. The van der Waals surface area contributed by atoms with Gasteiger partial charge in [-0.2, -0.15) is 0 Å². The molecule has 0 saturated carbocycles. The molecule has 0 aliphatic carbocycles. The Morgan fingerprint density at radius 2 is 0.567 bits per heavy atom. The molecule has 534 valence electrons. The smallest absolute Gasteiger partial charge is 0.462 e. The topological polar surface area (TPSA) is 237 Å². The van der Waals surface area contributed by atoms with Gasteiger partial charge in [0.2, 0.25) is 0 Å². The minimum Gasteiger partial charge on any atom is -0.462 e. The van der Waals surface area contributed by atoms with Crippen molar-refractivity contribution < 1.29 is 80.2 Å². The molecule has 3 N–H and O–H groups in total. The molecule has 19 heteroatoms. The van der Waals surface area contributed by atoms with Crippen LogP contribution in [-0.2, 0) is 65.4 Å². The van der Waals surface area contributed by atoms with Gasteiger partial charge in [0.05, 0.1) is 26.4 Å². The maximum Gasteiger partial charge on any atom is 0.472 e. The predicted molar refractivity (Wildman–Crippen MR) is 363 cm³/mol. The van der Waals surface area contributed by atoms with Crippen molar-refractivity contribution in [1.82, 2.24) is 0 Å². The molecule has 0 aliphatic rings. The van der Waals surface area contributed by atoms with Gasteiger partial charge in [-0.3, -0.25) is 37.3 Å². The van der Waals surface area contributed by atoms with Crippen LogP contribution in [0.3, 0.4) is 0 Å². The molecule has 90 heavy (non-hydrogen) atoms. The summed E-state index contributed by atoms with van der Waals surface area (Å²) < 4.78 is 68.2. The van der Waals surface area contributed by atoms with Gasteiger partial charge in [-0.1, -0.05) is 305 Å². The van der Waals surface area contributed by atoms with Crippen molar-refractivity contribution in [3.63, 3.8) is 0 Å². The largest absolute Gasteiger partial charge is 0.472 e. The Balaban J connectivity index is 5.15. The number of unbranched alkanes of at least 4 members (excludes halogenated alkanes) is 35. The highest BCUT2D eigenvalue weighted by Gasteiger charge is 2.30. The number of ether oxygens (including phenoxy) is 4. The van der Waals surface area contributed by atoms with E-state index in [9.17, 15) is 43.2 Å². The standard InChI is InChI=1S/C71H138O17P2/c1-8-11-12-13-14-15-16-17-18-19-20-21-22-23-24-25-26-27-28-40-47-54-70(75)87-66(58-82-69(74)53-46-39-33-30-36-43-50-63(6)9-2)60-85-89(77,78)83-56-65(72)57-84-90(79,80)86-61-67(59-81-68(73)52-45-38-32-29-35-42-49-62(4)5)88-71(76)55-48-41-34-31-37-44-51-64(7)10-3/h62-67,72H,8-61H2,1-7H3,(H,77,78)(H,79,80)/t63?,64?,65-,66-,67-/m1/s1.